The van der Waals surface area contributed by atoms with Gasteiger partial charge in [0.2, 0.25) is 5.91 Å². The molecule has 0 aliphatic carbocycles. The molecule has 3 rings (SSSR count). The zero-order valence-corrected chi connectivity index (χ0v) is 19.0. The predicted octanol–water partition coefficient (Wildman–Crippen LogP) is 3.35. The van der Waals surface area contributed by atoms with Crippen LogP contribution < -0.4 is 19.7 Å². The normalized spacial score (nSPS) is 14.9. The third-order valence-corrected chi connectivity index (χ3v) is 5.42. The Hall–Kier alpha value is -2.73. The Kier molecular flexibility index (Phi) is 8.59. The van der Waals surface area contributed by atoms with Crippen molar-refractivity contribution in [2.24, 2.45) is 0 Å². The molecule has 0 unspecified atom stereocenters. The van der Waals surface area contributed by atoms with E-state index >= 15 is 0 Å². The number of benzene rings is 2. The number of carbonyl (C=O) groups is 1. The number of nitrogens with zero attached hydrogens (tertiary/aromatic N) is 2. The van der Waals surface area contributed by atoms with Gasteiger partial charge in [-0.1, -0.05) is 12.1 Å². The van der Waals surface area contributed by atoms with E-state index in [1.165, 1.54) is 11.3 Å². The van der Waals surface area contributed by atoms with E-state index in [4.69, 9.17) is 9.47 Å². The molecule has 2 aromatic rings. The van der Waals surface area contributed by atoms with Crippen LogP contribution in [-0.2, 0) is 11.2 Å². The van der Waals surface area contributed by atoms with Crippen LogP contribution in [0.4, 0.5) is 5.69 Å². The lowest BCUT2D eigenvalue weighted by Crippen LogP contribution is -2.39. The van der Waals surface area contributed by atoms with Crippen LogP contribution in [-0.4, -0.2) is 63.3 Å². The van der Waals surface area contributed by atoms with E-state index in [1.54, 1.807) is 7.11 Å². The number of hydrogen-bond donors (Lipinski definition) is 1. The van der Waals surface area contributed by atoms with Gasteiger partial charge in [-0.25, -0.2) is 0 Å². The van der Waals surface area contributed by atoms with Crippen molar-refractivity contribution in [2.75, 3.05) is 51.3 Å². The fourth-order valence-electron chi connectivity index (χ4n) is 3.79. The van der Waals surface area contributed by atoms with Gasteiger partial charge in [-0.3, -0.25) is 9.69 Å². The molecule has 1 saturated heterocycles. The summed E-state index contributed by atoms with van der Waals surface area (Å²) >= 11 is 0. The summed E-state index contributed by atoms with van der Waals surface area (Å²) in [5, 5.41) is 3.06. The highest BCUT2D eigenvalue weighted by atomic mass is 16.5. The van der Waals surface area contributed by atoms with Crippen molar-refractivity contribution in [1.82, 2.24) is 10.2 Å². The van der Waals surface area contributed by atoms with Crippen LogP contribution in [0.5, 0.6) is 11.5 Å². The smallest absolute Gasteiger partial charge is 0.234 e. The average Bonchev–Trinajstić information content (AvgIpc) is 3.00. The summed E-state index contributed by atoms with van der Waals surface area (Å²) in [6, 6.07) is 16.3. The number of ether oxygens (including phenoxy) is 2. The summed E-state index contributed by atoms with van der Waals surface area (Å²) in [7, 11) is 1.68. The van der Waals surface area contributed by atoms with E-state index in [-0.39, 0.29) is 12.0 Å². The topological polar surface area (TPSA) is 54.0 Å². The molecule has 2 aromatic carbocycles. The first kappa shape index (κ1) is 22.9. The fraction of sp³-hybridized carbons (Fsp3) is 0.480. The summed E-state index contributed by atoms with van der Waals surface area (Å²) < 4.78 is 10.9. The molecule has 0 saturated carbocycles. The minimum absolute atomic E-state index is 0.0951. The van der Waals surface area contributed by atoms with Gasteiger partial charge in [0, 0.05) is 38.4 Å². The number of amides is 1. The monoisotopic (exact) mass is 425 g/mol. The number of carbonyl (C=O) groups excluding carboxylic acids is 1. The van der Waals surface area contributed by atoms with Gasteiger partial charge in [0.15, 0.2) is 0 Å². The summed E-state index contributed by atoms with van der Waals surface area (Å²) in [6.45, 7) is 8.89. The maximum atomic E-state index is 12.4. The Morgan fingerprint density at radius 3 is 2.35 bits per heavy atom. The van der Waals surface area contributed by atoms with E-state index in [2.05, 4.69) is 39.4 Å². The first-order valence-electron chi connectivity index (χ1n) is 11.2. The molecule has 0 atom stereocenters. The van der Waals surface area contributed by atoms with Crippen molar-refractivity contribution < 1.29 is 14.3 Å². The standard InChI is InChI=1S/C25H35N3O3/c1-20(2)31-24-9-5-21(6-10-24)13-14-26-25(29)19-27-15-4-16-28(18-17-27)22-7-11-23(30-3)12-8-22/h5-12,20H,4,13-19H2,1-3H3,(H,26,29). The SMILES string of the molecule is COc1ccc(N2CCCN(CC(=O)NCCc3ccc(OC(C)C)cc3)CC2)cc1. The van der Waals surface area contributed by atoms with Gasteiger partial charge in [-0.2, -0.15) is 0 Å². The van der Waals surface area contributed by atoms with Crippen molar-refractivity contribution in [2.45, 2.75) is 32.8 Å². The molecule has 31 heavy (non-hydrogen) atoms. The van der Waals surface area contributed by atoms with Crippen LogP contribution in [0.1, 0.15) is 25.8 Å². The van der Waals surface area contributed by atoms with Crippen molar-refractivity contribution in [3.8, 4) is 11.5 Å². The van der Waals surface area contributed by atoms with Crippen LogP contribution in [0.25, 0.3) is 0 Å². The summed E-state index contributed by atoms with van der Waals surface area (Å²) in [5.74, 6) is 1.85. The lowest BCUT2D eigenvalue weighted by Gasteiger charge is -2.23. The average molecular weight is 426 g/mol. The van der Waals surface area contributed by atoms with E-state index in [0.717, 1.165) is 50.5 Å². The van der Waals surface area contributed by atoms with Gasteiger partial charge < -0.3 is 19.7 Å². The number of hydrogen-bond acceptors (Lipinski definition) is 5. The minimum atomic E-state index is 0.0951. The van der Waals surface area contributed by atoms with Gasteiger partial charge in [-0.15, -0.1) is 0 Å². The van der Waals surface area contributed by atoms with Crippen molar-refractivity contribution in [3.05, 3.63) is 54.1 Å². The van der Waals surface area contributed by atoms with E-state index in [0.29, 0.717) is 13.1 Å². The van der Waals surface area contributed by atoms with Crippen LogP contribution >= 0.6 is 0 Å². The molecule has 1 aliphatic heterocycles. The molecule has 1 heterocycles. The quantitative estimate of drug-likeness (QED) is 0.668. The summed E-state index contributed by atoms with van der Waals surface area (Å²) in [6.07, 6.45) is 2.04. The van der Waals surface area contributed by atoms with E-state index < -0.39 is 0 Å². The molecule has 0 spiro atoms. The highest BCUT2D eigenvalue weighted by Gasteiger charge is 2.17. The van der Waals surface area contributed by atoms with Crippen LogP contribution in [0.15, 0.2) is 48.5 Å². The fourth-order valence-corrected chi connectivity index (χ4v) is 3.79. The molecule has 0 radical (unpaired) electrons. The maximum absolute atomic E-state index is 12.4. The lowest BCUT2D eigenvalue weighted by molar-refractivity contribution is -0.122. The highest BCUT2D eigenvalue weighted by Crippen LogP contribution is 2.20. The number of rotatable bonds is 9. The second kappa shape index (κ2) is 11.6. The van der Waals surface area contributed by atoms with Gasteiger partial charge in [0.25, 0.3) is 0 Å². The Labute approximate surface area is 186 Å². The van der Waals surface area contributed by atoms with Crippen LogP contribution in [0, 0.1) is 0 Å². The summed E-state index contributed by atoms with van der Waals surface area (Å²) in [4.78, 5) is 17.0. The first-order chi connectivity index (χ1) is 15.0. The number of methoxy groups -OCH3 is 1. The third kappa shape index (κ3) is 7.47. The molecule has 1 N–H and O–H groups in total. The Balaban J connectivity index is 1.38. The van der Waals surface area contributed by atoms with Gasteiger partial charge >= 0.3 is 0 Å². The van der Waals surface area contributed by atoms with E-state index in [9.17, 15) is 4.79 Å². The van der Waals surface area contributed by atoms with Crippen molar-refractivity contribution in [3.63, 3.8) is 0 Å². The molecule has 1 fully saturated rings. The number of nitrogens with one attached hydrogen (secondary N) is 1. The third-order valence-electron chi connectivity index (χ3n) is 5.42. The maximum Gasteiger partial charge on any atom is 0.234 e. The van der Waals surface area contributed by atoms with Gasteiger partial charge in [0.1, 0.15) is 11.5 Å². The largest absolute Gasteiger partial charge is 0.497 e. The zero-order valence-electron chi connectivity index (χ0n) is 19.0. The van der Waals surface area contributed by atoms with Gasteiger partial charge in [-0.05, 0) is 68.7 Å². The van der Waals surface area contributed by atoms with Crippen LogP contribution in [0.2, 0.25) is 0 Å². The predicted molar refractivity (Wildman–Crippen MR) is 125 cm³/mol. The second-order valence-corrected chi connectivity index (χ2v) is 8.23. The van der Waals surface area contributed by atoms with Crippen LogP contribution in [0.3, 0.4) is 0 Å². The molecule has 168 valence electrons. The molecule has 6 heteroatoms. The Morgan fingerprint density at radius 1 is 0.968 bits per heavy atom. The molecule has 6 nitrogen and oxygen atoms in total. The lowest BCUT2D eigenvalue weighted by atomic mass is 10.1. The molecular formula is C25H35N3O3. The Bertz CT molecular complexity index is 806. The van der Waals surface area contributed by atoms with Crippen molar-refractivity contribution >= 4 is 11.6 Å². The van der Waals surface area contributed by atoms with Gasteiger partial charge in [0.05, 0.1) is 19.8 Å². The van der Waals surface area contributed by atoms with E-state index in [1.807, 2.05) is 38.1 Å². The molecule has 0 bridgehead atoms. The first-order valence-corrected chi connectivity index (χ1v) is 11.2. The van der Waals surface area contributed by atoms with Crippen molar-refractivity contribution in [1.29, 1.82) is 0 Å². The number of anilines is 1. The minimum Gasteiger partial charge on any atom is -0.497 e. The Morgan fingerprint density at radius 2 is 1.68 bits per heavy atom. The second-order valence-electron chi connectivity index (χ2n) is 8.23. The molecule has 1 aliphatic rings. The zero-order chi connectivity index (χ0) is 22.1. The molecule has 0 aromatic heterocycles. The molecular weight excluding hydrogens is 390 g/mol. The molecule has 1 amide bonds. The highest BCUT2D eigenvalue weighted by molar-refractivity contribution is 5.78. The summed E-state index contributed by atoms with van der Waals surface area (Å²) in [5.41, 5.74) is 2.40.